The summed E-state index contributed by atoms with van der Waals surface area (Å²) in [5.74, 6) is 0.984. The number of anilines is 1. The first-order chi connectivity index (χ1) is 7.79. The van der Waals surface area contributed by atoms with Crippen LogP contribution in [0, 0.1) is 6.92 Å². The van der Waals surface area contributed by atoms with E-state index in [2.05, 4.69) is 29.7 Å². The smallest absolute Gasteiger partial charge is 0.122 e. The highest BCUT2D eigenvalue weighted by molar-refractivity contribution is 5.51. The van der Waals surface area contributed by atoms with Crippen LogP contribution in [-0.2, 0) is 0 Å². The zero-order valence-electron chi connectivity index (χ0n) is 10.0. The second-order valence-electron chi connectivity index (χ2n) is 4.25. The van der Waals surface area contributed by atoms with Gasteiger partial charge in [-0.2, -0.15) is 0 Å². The topological polar surface area (TPSA) is 33.3 Å². The van der Waals surface area contributed by atoms with Gasteiger partial charge in [-0.05, 0) is 50.6 Å². The van der Waals surface area contributed by atoms with Crippen molar-refractivity contribution >= 4 is 5.69 Å². The summed E-state index contributed by atoms with van der Waals surface area (Å²) in [5, 5.41) is 6.88. The largest absolute Gasteiger partial charge is 0.494 e. The van der Waals surface area contributed by atoms with Gasteiger partial charge in [0.25, 0.3) is 0 Å². The molecule has 1 unspecified atom stereocenters. The van der Waals surface area contributed by atoms with E-state index < -0.39 is 0 Å². The van der Waals surface area contributed by atoms with Gasteiger partial charge in [0.2, 0.25) is 0 Å². The van der Waals surface area contributed by atoms with Gasteiger partial charge in [-0.25, -0.2) is 0 Å². The molecule has 1 fully saturated rings. The number of rotatable bonds is 4. The first-order valence-electron chi connectivity index (χ1n) is 6.00. The van der Waals surface area contributed by atoms with E-state index in [9.17, 15) is 0 Å². The molecule has 2 rings (SSSR count). The minimum absolute atomic E-state index is 0.567. The molecule has 1 aromatic rings. The van der Waals surface area contributed by atoms with Crippen LogP contribution < -0.4 is 15.4 Å². The predicted molar refractivity (Wildman–Crippen MR) is 67.2 cm³/mol. The van der Waals surface area contributed by atoms with Gasteiger partial charge in [0.15, 0.2) is 0 Å². The molecular weight excluding hydrogens is 200 g/mol. The van der Waals surface area contributed by atoms with E-state index in [1.807, 2.05) is 13.0 Å². The molecule has 3 nitrogen and oxygen atoms in total. The molecule has 3 heteroatoms. The van der Waals surface area contributed by atoms with Gasteiger partial charge in [-0.1, -0.05) is 0 Å². The van der Waals surface area contributed by atoms with Crippen LogP contribution in [0.1, 0.15) is 18.9 Å². The molecule has 0 bridgehead atoms. The van der Waals surface area contributed by atoms with Crippen molar-refractivity contribution in [2.75, 3.05) is 25.0 Å². The lowest BCUT2D eigenvalue weighted by Gasteiger charge is -2.15. The van der Waals surface area contributed by atoms with Crippen LogP contribution in [0.4, 0.5) is 5.69 Å². The molecule has 0 amide bonds. The molecule has 0 saturated carbocycles. The Morgan fingerprint density at radius 3 is 3.00 bits per heavy atom. The molecule has 0 aromatic heterocycles. The maximum atomic E-state index is 5.52. The summed E-state index contributed by atoms with van der Waals surface area (Å²) in [6.45, 7) is 7.00. The van der Waals surface area contributed by atoms with Crippen molar-refractivity contribution in [1.82, 2.24) is 5.32 Å². The Hall–Kier alpha value is -1.22. The van der Waals surface area contributed by atoms with Crippen LogP contribution in [0.5, 0.6) is 5.75 Å². The van der Waals surface area contributed by atoms with Crippen molar-refractivity contribution in [3.63, 3.8) is 0 Å². The summed E-state index contributed by atoms with van der Waals surface area (Å²) in [7, 11) is 0. The van der Waals surface area contributed by atoms with Gasteiger partial charge in [0, 0.05) is 18.3 Å². The molecule has 2 N–H and O–H groups in total. The maximum Gasteiger partial charge on any atom is 0.122 e. The van der Waals surface area contributed by atoms with Crippen molar-refractivity contribution < 1.29 is 4.74 Å². The third-order valence-electron chi connectivity index (χ3n) is 2.91. The third-order valence-corrected chi connectivity index (χ3v) is 2.91. The van der Waals surface area contributed by atoms with Crippen molar-refractivity contribution in [2.24, 2.45) is 0 Å². The van der Waals surface area contributed by atoms with Gasteiger partial charge < -0.3 is 15.4 Å². The molecule has 0 spiro atoms. The zero-order valence-corrected chi connectivity index (χ0v) is 10.0. The quantitative estimate of drug-likeness (QED) is 0.816. The fourth-order valence-corrected chi connectivity index (χ4v) is 2.07. The Bertz CT molecular complexity index is 346. The fourth-order valence-electron chi connectivity index (χ4n) is 2.07. The molecule has 1 aromatic carbocycles. The van der Waals surface area contributed by atoms with E-state index in [1.54, 1.807) is 0 Å². The van der Waals surface area contributed by atoms with Crippen molar-refractivity contribution in [1.29, 1.82) is 0 Å². The highest BCUT2D eigenvalue weighted by Crippen LogP contribution is 2.22. The predicted octanol–water partition coefficient (Wildman–Crippen LogP) is 2.17. The second-order valence-corrected chi connectivity index (χ2v) is 4.25. The Balaban J connectivity index is 2.02. The van der Waals surface area contributed by atoms with Gasteiger partial charge in [-0.15, -0.1) is 0 Å². The van der Waals surface area contributed by atoms with Crippen LogP contribution >= 0.6 is 0 Å². The minimum atomic E-state index is 0.567. The standard InChI is InChI=1S/C13H20N2O/c1-3-16-13-5-4-11(8-10(13)2)15-12-6-7-14-9-12/h4-5,8,12,14-15H,3,6-7,9H2,1-2H3. The van der Waals surface area contributed by atoms with Crippen molar-refractivity contribution in [3.05, 3.63) is 23.8 Å². The molecule has 0 aliphatic carbocycles. The van der Waals surface area contributed by atoms with Crippen molar-refractivity contribution in [3.8, 4) is 5.75 Å². The maximum absolute atomic E-state index is 5.52. The summed E-state index contributed by atoms with van der Waals surface area (Å²) < 4.78 is 5.52. The molecular formula is C13H20N2O. The van der Waals surface area contributed by atoms with Crippen molar-refractivity contribution in [2.45, 2.75) is 26.3 Å². The van der Waals surface area contributed by atoms with Crippen LogP contribution in [0.25, 0.3) is 0 Å². The number of hydrogen-bond donors (Lipinski definition) is 2. The highest BCUT2D eigenvalue weighted by atomic mass is 16.5. The summed E-state index contributed by atoms with van der Waals surface area (Å²) in [4.78, 5) is 0. The highest BCUT2D eigenvalue weighted by Gasteiger charge is 2.13. The zero-order chi connectivity index (χ0) is 11.4. The molecule has 1 atom stereocenters. The molecule has 1 aliphatic rings. The Labute approximate surface area is 97.2 Å². The first kappa shape index (κ1) is 11.3. The monoisotopic (exact) mass is 220 g/mol. The van der Waals surface area contributed by atoms with E-state index in [0.29, 0.717) is 6.04 Å². The number of hydrogen-bond acceptors (Lipinski definition) is 3. The SMILES string of the molecule is CCOc1ccc(NC2CCNC2)cc1C. The van der Waals surface area contributed by atoms with Crippen LogP contribution in [-0.4, -0.2) is 25.7 Å². The second kappa shape index (κ2) is 5.21. The number of ether oxygens (including phenoxy) is 1. The Morgan fingerprint density at radius 2 is 2.38 bits per heavy atom. The van der Waals surface area contributed by atoms with Crippen LogP contribution in [0.15, 0.2) is 18.2 Å². The fraction of sp³-hybridized carbons (Fsp3) is 0.538. The lowest BCUT2D eigenvalue weighted by atomic mass is 10.1. The lowest BCUT2D eigenvalue weighted by molar-refractivity contribution is 0.338. The van der Waals surface area contributed by atoms with Gasteiger partial charge in [-0.3, -0.25) is 0 Å². The normalized spacial score (nSPS) is 19.8. The Kier molecular flexibility index (Phi) is 3.67. The average molecular weight is 220 g/mol. The first-order valence-corrected chi connectivity index (χ1v) is 6.00. The van der Waals surface area contributed by atoms with E-state index in [1.165, 1.54) is 17.7 Å². The number of aryl methyl sites for hydroxylation is 1. The van der Waals surface area contributed by atoms with E-state index >= 15 is 0 Å². The van der Waals surface area contributed by atoms with E-state index in [4.69, 9.17) is 4.74 Å². The molecule has 0 radical (unpaired) electrons. The summed E-state index contributed by atoms with van der Waals surface area (Å²) in [6.07, 6.45) is 1.20. The summed E-state index contributed by atoms with van der Waals surface area (Å²) >= 11 is 0. The van der Waals surface area contributed by atoms with E-state index in [0.717, 1.165) is 25.4 Å². The Morgan fingerprint density at radius 1 is 1.50 bits per heavy atom. The molecule has 1 aliphatic heterocycles. The van der Waals surface area contributed by atoms with Crippen LogP contribution in [0.3, 0.4) is 0 Å². The summed E-state index contributed by atoms with van der Waals surface area (Å²) in [6, 6.07) is 6.86. The van der Waals surface area contributed by atoms with Gasteiger partial charge in [0.1, 0.15) is 5.75 Å². The summed E-state index contributed by atoms with van der Waals surface area (Å²) in [5.41, 5.74) is 2.38. The molecule has 88 valence electrons. The van der Waals surface area contributed by atoms with Gasteiger partial charge in [0.05, 0.1) is 6.61 Å². The molecule has 16 heavy (non-hydrogen) atoms. The minimum Gasteiger partial charge on any atom is -0.494 e. The lowest BCUT2D eigenvalue weighted by Crippen LogP contribution is -2.22. The van der Waals surface area contributed by atoms with E-state index in [-0.39, 0.29) is 0 Å². The number of nitrogens with one attached hydrogen (secondary N) is 2. The number of benzene rings is 1. The van der Waals surface area contributed by atoms with Crippen LogP contribution in [0.2, 0.25) is 0 Å². The van der Waals surface area contributed by atoms with Gasteiger partial charge >= 0.3 is 0 Å². The average Bonchev–Trinajstić information content (AvgIpc) is 2.75. The molecule has 1 saturated heterocycles. The third kappa shape index (κ3) is 2.67. The molecule has 1 heterocycles.